The second kappa shape index (κ2) is 13.9. The first-order valence-corrected chi connectivity index (χ1v) is 14.5. The third-order valence-corrected chi connectivity index (χ3v) is 7.72. The summed E-state index contributed by atoms with van der Waals surface area (Å²) in [4.78, 5) is 28.5. The van der Waals surface area contributed by atoms with Gasteiger partial charge >= 0.3 is 6.03 Å². The first-order chi connectivity index (χ1) is 20.0. The van der Waals surface area contributed by atoms with E-state index >= 15 is 0 Å². The zero-order valence-electron chi connectivity index (χ0n) is 23.0. The van der Waals surface area contributed by atoms with Gasteiger partial charge in [-0.3, -0.25) is 4.79 Å². The number of nitrogens with one attached hydrogen (secondary N) is 3. The Hall–Kier alpha value is -4.29. The lowest BCUT2D eigenvalue weighted by Crippen LogP contribution is -2.36. The van der Waals surface area contributed by atoms with Crippen LogP contribution in [0.2, 0.25) is 5.02 Å². The molecule has 1 aliphatic heterocycles. The Morgan fingerprint density at radius 1 is 0.756 bits per heavy atom. The van der Waals surface area contributed by atoms with Crippen LogP contribution in [0.5, 0.6) is 0 Å². The van der Waals surface area contributed by atoms with E-state index in [9.17, 15) is 9.59 Å². The van der Waals surface area contributed by atoms with Gasteiger partial charge in [0.25, 0.3) is 5.91 Å². The van der Waals surface area contributed by atoms with Gasteiger partial charge in [-0.25, -0.2) is 4.79 Å². The highest BCUT2D eigenvalue weighted by Gasteiger charge is 2.24. The summed E-state index contributed by atoms with van der Waals surface area (Å²) in [6.45, 7) is 2.29. The van der Waals surface area contributed by atoms with Crippen molar-refractivity contribution < 1.29 is 9.59 Å². The van der Waals surface area contributed by atoms with Crippen molar-refractivity contribution in [2.24, 2.45) is 5.92 Å². The number of anilines is 3. The summed E-state index contributed by atoms with van der Waals surface area (Å²) in [6, 6.07) is 32.8. The minimum atomic E-state index is -0.391. The van der Waals surface area contributed by atoms with E-state index in [1.807, 2.05) is 30.3 Å². The van der Waals surface area contributed by atoms with Crippen molar-refractivity contribution in [2.45, 2.75) is 25.7 Å². The average molecular weight is 567 g/mol. The molecule has 5 rings (SSSR count). The van der Waals surface area contributed by atoms with Crippen molar-refractivity contribution in [3.8, 4) is 0 Å². The predicted molar refractivity (Wildman–Crippen MR) is 168 cm³/mol. The van der Waals surface area contributed by atoms with Gasteiger partial charge in [0.2, 0.25) is 0 Å². The number of rotatable bonds is 9. The first kappa shape index (κ1) is 28.2. The van der Waals surface area contributed by atoms with E-state index in [2.05, 4.69) is 63.3 Å². The molecule has 1 fully saturated rings. The van der Waals surface area contributed by atoms with Gasteiger partial charge < -0.3 is 20.9 Å². The van der Waals surface area contributed by atoms with E-state index < -0.39 is 6.03 Å². The van der Waals surface area contributed by atoms with E-state index in [-0.39, 0.29) is 5.91 Å². The third-order valence-electron chi connectivity index (χ3n) is 7.47. The number of piperidine rings is 1. The number of hydrogen-bond donors (Lipinski definition) is 3. The number of amides is 3. The van der Waals surface area contributed by atoms with Crippen LogP contribution in [0.1, 0.15) is 34.3 Å². The fourth-order valence-electron chi connectivity index (χ4n) is 5.28. The number of carbonyl (C=O) groups excluding carboxylic acids is 2. The lowest BCUT2D eigenvalue weighted by Gasteiger charge is -2.35. The average Bonchev–Trinajstić information content (AvgIpc) is 3.00. The Morgan fingerprint density at radius 3 is 2.05 bits per heavy atom. The molecule has 0 unspecified atom stereocenters. The number of urea groups is 1. The number of nitrogens with zero attached hydrogens (tertiary/aromatic N) is 1. The lowest BCUT2D eigenvalue weighted by molar-refractivity contribution is 0.0954. The molecule has 0 saturated carbocycles. The molecule has 3 N–H and O–H groups in total. The van der Waals surface area contributed by atoms with Crippen LogP contribution >= 0.6 is 11.6 Å². The zero-order valence-corrected chi connectivity index (χ0v) is 23.7. The van der Waals surface area contributed by atoms with Gasteiger partial charge in [-0.15, -0.1) is 0 Å². The Morgan fingerprint density at radius 2 is 1.37 bits per heavy atom. The fraction of sp³-hybridized carbons (Fsp3) is 0.235. The van der Waals surface area contributed by atoms with Crippen molar-refractivity contribution in [3.63, 3.8) is 0 Å². The normalized spacial score (nSPS) is 13.4. The molecule has 0 aromatic heterocycles. The van der Waals surface area contributed by atoms with Crippen molar-refractivity contribution in [1.82, 2.24) is 5.32 Å². The van der Waals surface area contributed by atoms with E-state index in [1.165, 1.54) is 11.1 Å². The second-order valence-corrected chi connectivity index (χ2v) is 10.9. The molecule has 7 heteroatoms. The zero-order chi connectivity index (χ0) is 28.4. The fourth-order valence-corrected chi connectivity index (χ4v) is 5.41. The highest BCUT2D eigenvalue weighted by Crippen LogP contribution is 2.30. The van der Waals surface area contributed by atoms with Crippen LogP contribution in [-0.4, -0.2) is 31.6 Å². The molecular formula is C34H35ClN4O2. The van der Waals surface area contributed by atoms with Crippen LogP contribution in [0.4, 0.5) is 21.9 Å². The smallest absolute Gasteiger partial charge is 0.323 e. The van der Waals surface area contributed by atoms with Gasteiger partial charge in [0.05, 0.1) is 5.56 Å². The standard InChI is InChI=1S/C34H35ClN4O2/c35-28-11-13-29(14-12-28)37-34(41)38-30-15-16-32(31(24-30)33(40)36-20-17-25-7-3-1-4-8-25)39-21-18-27(19-22-39)23-26-9-5-2-6-10-26/h1-16,24,27H,17-23H2,(H,36,40)(H2,37,38,41). The van der Waals surface area contributed by atoms with Crippen LogP contribution in [0.3, 0.4) is 0 Å². The Bertz CT molecular complexity index is 1440. The monoisotopic (exact) mass is 566 g/mol. The van der Waals surface area contributed by atoms with Crippen LogP contribution in [0, 0.1) is 5.92 Å². The number of carbonyl (C=O) groups is 2. The highest BCUT2D eigenvalue weighted by molar-refractivity contribution is 6.30. The van der Waals surface area contributed by atoms with Crippen molar-refractivity contribution in [3.05, 3.63) is 125 Å². The van der Waals surface area contributed by atoms with Crippen LogP contribution in [0.15, 0.2) is 103 Å². The lowest BCUT2D eigenvalue weighted by atomic mass is 9.89. The number of benzene rings is 4. The second-order valence-electron chi connectivity index (χ2n) is 10.4. The molecule has 1 saturated heterocycles. The molecule has 0 atom stereocenters. The summed E-state index contributed by atoms with van der Waals surface area (Å²) in [5.41, 5.74) is 5.17. The van der Waals surface area contributed by atoms with Gasteiger partial charge in [-0.2, -0.15) is 0 Å². The molecule has 4 aromatic carbocycles. The molecule has 210 valence electrons. The molecule has 4 aromatic rings. The maximum Gasteiger partial charge on any atom is 0.323 e. The highest BCUT2D eigenvalue weighted by atomic mass is 35.5. The van der Waals surface area contributed by atoms with E-state index in [1.54, 1.807) is 30.3 Å². The molecule has 0 radical (unpaired) electrons. The van der Waals surface area contributed by atoms with Gasteiger partial charge in [-0.05, 0) is 85.2 Å². The summed E-state index contributed by atoms with van der Waals surface area (Å²) in [5, 5.41) is 9.35. The maximum atomic E-state index is 13.5. The minimum Gasteiger partial charge on any atom is -0.371 e. The molecule has 0 aliphatic carbocycles. The van der Waals surface area contributed by atoms with Gasteiger partial charge in [-0.1, -0.05) is 72.3 Å². The Balaban J connectivity index is 1.27. The van der Waals surface area contributed by atoms with Crippen LogP contribution < -0.4 is 20.9 Å². The molecule has 6 nitrogen and oxygen atoms in total. The van der Waals surface area contributed by atoms with E-state index in [0.717, 1.165) is 44.5 Å². The summed E-state index contributed by atoms with van der Waals surface area (Å²) >= 11 is 5.95. The van der Waals surface area contributed by atoms with Crippen LogP contribution in [0.25, 0.3) is 0 Å². The SMILES string of the molecule is O=C(Nc1ccc(Cl)cc1)Nc1ccc(N2CCC(Cc3ccccc3)CC2)c(C(=O)NCCc2ccccc2)c1. The van der Waals surface area contributed by atoms with Gasteiger partial charge in [0.15, 0.2) is 0 Å². The molecule has 1 aliphatic rings. The summed E-state index contributed by atoms with van der Waals surface area (Å²) in [6.07, 6.45) is 3.95. The van der Waals surface area contributed by atoms with Crippen molar-refractivity contribution in [1.29, 1.82) is 0 Å². The number of hydrogen-bond acceptors (Lipinski definition) is 3. The summed E-state index contributed by atoms with van der Waals surface area (Å²) in [5.74, 6) is 0.471. The molecule has 0 bridgehead atoms. The summed E-state index contributed by atoms with van der Waals surface area (Å²) < 4.78 is 0. The summed E-state index contributed by atoms with van der Waals surface area (Å²) in [7, 11) is 0. The molecule has 41 heavy (non-hydrogen) atoms. The number of halogens is 1. The quantitative estimate of drug-likeness (QED) is 0.197. The molecule has 1 heterocycles. The van der Waals surface area contributed by atoms with E-state index in [4.69, 9.17) is 11.6 Å². The Labute approximate surface area is 246 Å². The topological polar surface area (TPSA) is 73.5 Å². The van der Waals surface area contributed by atoms with Crippen molar-refractivity contribution >= 4 is 40.6 Å². The molecular weight excluding hydrogens is 532 g/mol. The van der Waals surface area contributed by atoms with Crippen LogP contribution in [-0.2, 0) is 12.8 Å². The third kappa shape index (κ3) is 8.12. The molecule has 0 spiro atoms. The minimum absolute atomic E-state index is 0.149. The predicted octanol–water partition coefficient (Wildman–Crippen LogP) is 7.42. The Kier molecular flexibility index (Phi) is 9.55. The van der Waals surface area contributed by atoms with Gasteiger partial charge in [0.1, 0.15) is 0 Å². The van der Waals surface area contributed by atoms with Gasteiger partial charge in [0, 0.05) is 41.7 Å². The maximum absolute atomic E-state index is 13.5. The largest absolute Gasteiger partial charge is 0.371 e. The van der Waals surface area contributed by atoms with E-state index in [0.29, 0.717) is 34.4 Å². The van der Waals surface area contributed by atoms with Crippen molar-refractivity contribution in [2.75, 3.05) is 35.2 Å². The molecule has 3 amide bonds. The first-order valence-electron chi connectivity index (χ1n) is 14.1.